The third-order valence-electron chi connectivity index (χ3n) is 2.84. The third kappa shape index (κ3) is 2.17. The van der Waals surface area contributed by atoms with Crippen LogP contribution < -0.4 is 5.73 Å². The van der Waals surface area contributed by atoms with Gasteiger partial charge in [-0.25, -0.2) is 4.98 Å². The Hall–Kier alpha value is -1.55. The topological polar surface area (TPSA) is 57.9 Å². The minimum absolute atomic E-state index is 0.512. The number of aromatic amines is 1. The van der Waals surface area contributed by atoms with Crippen LogP contribution in [0, 0.1) is 0 Å². The lowest BCUT2D eigenvalue weighted by atomic mass is 10.3. The first-order valence-corrected chi connectivity index (χ1v) is 5.50. The predicted molar refractivity (Wildman–Crippen MR) is 67.1 cm³/mol. The molecule has 16 heavy (non-hydrogen) atoms. The second-order valence-electron chi connectivity index (χ2n) is 4.47. The lowest BCUT2D eigenvalue weighted by Crippen LogP contribution is -2.26. The number of fused-ring (bicyclic) bond motifs is 1. The summed E-state index contributed by atoms with van der Waals surface area (Å²) < 4.78 is 0. The van der Waals surface area contributed by atoms with Crippen LogP contribution in [0.2, 0.25) is 0 Å². The summed E-state index contributed by atoms with van der Waals surface area (Å²) in [5.74, 6) is 0.983. The van der Waals surface area contributed by atoms with Crippen LogP contribution in [0.5, 0.6) is 0 Å². The van der Waals surface area contributed by atoms with Gasteiger partial charge in [0.25, 0.3) is 0 Å². The van der Waals surface area contributed by atoms with E-state index in [-0.39, 0.29) is 0 Å². The van der Waals surface area contributed by atoms with Gasteiger partial charge in [-0.1, -0.05) is 0 Å². The van der Waals surface area contributed by atoms with Crippen molar-refractivity contribution in [1.29, 1.82) is 0 Å². The number of nitrogens with zero attached hydrogens (tertiary/aromatic N) is 2. The van der Waals surface area contributed by atoms with E-state index in [1.54, 1.807) is 0 Å². The largest absolute Gasteiger partial charge is 0.399 e. The number of hydrogen-bond acceptors (Lipinski definition) is 3. The summed E-state index contributed by atoms with van der Waals surface area (Å²) in [6.07, 6.45) is 0. The number of nitrogens with one attached hydrogen (secondary N) is 1. The van der Waals surface area contributed by atoms with E-state index in [0.717, 1.165) is 29.1 Å². The van der Waals surface area contributed by atoms with Crippen LogP contribution in [-0.2, 0) is 6.54 Å². The van der Waals surface area contributed by atoms with E-state index in [9.17, 15) is 0 Å². The number of hydrogen-bond donors (Lipinski definition) is 2. The van der Waals surface area contributed by atoms with Crippen LogP contribution in [0.25, 0.3) is 11.0 Å². The molecule has 0 radical (unpaired) electrons. The summed E-state index contributed by atoms with van der Waals surface area (Å²) in [5, 5.41) is 0. The molecule has 0 unspecified atom stereocenters. The summed E-state index contributed by atoms with van der Waals surface area (Å²) >= 11 is 0. The van der Waals surface area contributed by atoms with Gasteiger partial charge in [-0.3, -0.25) is 4.90 Å². The molecule has 2 aromatic rings. The molecule has 0 fully saturated rings. The summed E-state index contributed by atoms with van der Waals surface area (Å²) in [6, 6.07) is 6.25. The molecule has 1 heterocycles. The zero-order chi connectivity index (χ0) is 11.7. The van der Waals surface area contributed by atoms with Gasteiger partial charge in [-0.15, -0.1) is 0 Å². The maximum atomic E-state index is 5.72. The molecule has 0 saturated heterocycles. The zero-order valence-corrected chi connectivity index (χ0v) is 9.99. The second kappa shape index (κ2) is 4.14. The maximum absolute atomic E-state index is 5.72. The van der Waals surface area contributed by atoms with Gasteiger partial charge in [-0.05, 0) is 39.1 Å². The molecular formula is C12H18N4. The van der Waals surface area contributed by atoms with Crippen molar-refractivity contribution in [2.75, 3.05) is 12.8 Å². The number of nitrogens with two attached hydrogens (primary N) is 1. The van der Waals surface area contributed by atoms with Gasteiger partial charge >= 0.3 is 0 Å². The van der Waals surface area contributed by atoms with Crippen molar-refractivity contribution in [2.45, 2.75) is 26.4 Å². The quantitative estimate of drug-likeness (QED) is 0.774. The van der Waals surface area contributed by atoms with Crippen molar-refractivity contribution < 1.29 is 0 Å². The van der Waals surface area contributed by atoms with E-state index in [2.05, 4.69) is 35.8 Å². The highest BCUT2D eigenvalue weighted by atomic mass is 15.1. The number of H-pyrrole nitrogens is 1. The molecule has 2 rings (SSSR count). The van der Waals surface area contributed by atoms with Gasteiger partial charge < -0.3 is 10.7 Å². The van der Waals surface area contributed by atoms with E-state index in [0.29, 0.717) is 6.04 Å². The molecule has 1 aromatic carbocycles. The molecule has 4 nitrogen and oxygen atoms in total. The van der Waals surface area contributed by atoms with Crippen molar-refractivity contribution in [3.63, 3.8) is 0 Å². The molecule has 0 aliphatic carbocycles. The highest BCUT2D eigenvalue weighted by Crippen LogP contribution is 2.15. The first-order valence-electron chi connectivity index (χ1n) is 5.50. The van der Waals surface area contributed by atoms with Crippen molar-refractivity contribution in [2.24, 2.45) is 0 Å². The molecule has 0 aliphatic heterocycles. The SMILES string of the molecule is CC(C)N(C)Cc1nc2ccc(N)cc2[nH]1. The molecule has 1 aromatic heterocycles. The molecule has 0 spiro atoms. The van der Waals surface area contributed by atoms with Gasteiger partial charge in [0.2, 0.25) is 0 Å². The first kappa shape index (κ1) is 11.0. The number of anilines is 1. The van der Waals surface area contributed by atoms with Crippen molar-refractivity contribution >= 4 is 16.7 Å². The van der Waals surface area contributed by atoms with Gasteiger partial charge in [0.15, 0.2) is 0 Å². The Morgan fingerprint density at radius 1 is 1.44 bits per heavy atom. The average molecular weight is 218 g/mol. The van der Waals surface area contributed by atoms with Gasteiger partial charge in [0.1, 0.15) is 5.82 Å². The summed E-state index contributed by atoms with van der Waals surface area (Å²) in [4.78, 5) is 10.0. The zero-order valence-electron chi connectivity index (χ0n) is 9.99. The van der Waals surface area contributed by atoms with Crippen LogP contribution in [0.4, 0.5) is 5.69 Å². The van der Waals surface area contributed by atoms with Crippen LogP contribution in [-0.4, -0.2) is 28.0 Å². The number of aromatic nitrogens is 2. The van der Waals surface area contributed by atoms with Gasteiger partial charge in [0, 0.05) is 11.7 Å². The van der Waals surface area contributed by atoms with Crippen LogP contribution in [0.1, 0.15) is 19.7 Å². The Bertz CT molecular complexity index is 487. The second-order valence-corrected chi connectivity index (χ2v) is 4.47. The van der Waals surface area contributed by atoms with Crippen LogP contribution in [0.15, 0.2) is 18.2 Å². The van der Waals surface area contributed by atoms with E-state index in [1.165, 1.54) is 0 Å². The highest BCUT2D eigenvalue weighted by Gasteiger charge is 2.08. The van der Waals surface area contributed by atoms with Crippen molar-refractivity contribution in [1.82, 2.24) is 14.9 Å². The molecule has 0 aliphatic rings. The number of nitrogen functional groups attached to an aromatic ring is 1. The fourth-order valence-electron chi connectivity index (χ4n) is 1.57. The summed E-state index contributed by atoms with van der Waals surface area (Å²) in [5.41, 5.74) is 8.47. The molecule has 0 saturated carbocycles. The fourth-order valence-corrected chi connectivity index (χ4v) is 1.57. The van der Waals surface area contributed by atoms with E-state index >= 15 is 0 Å². The fraction of sp³-hybridized carbons (Fsp3) is 0.417. The van der Waals surface area contributed by atoms with E-state index in [4.69, 9.17) is 5.73 Å². The lowest BCUT2D eigenvalue weighted by molar-refractivity contribution is 0.260. The normalized spacial score (nSPS) is 11.8. The number of rotatable bonds is 3. The minimum Gasteiger partial charge on any atom is -0.399 e. The Kier molecular flexibility index (Phi) is 2.83. The monoisotopic (exact) mass is 218 g/mol. The Labute approximate surface area is 95.5 Å². The summed E-state index contributed by atoms with van der Waals surface area (Å²) in [7, 11) is 2.09. The smallest absolute Gasteiger partial charge is 0.121 e. The molecule has 86 valence electrons. The molecule has 0 atom stereocenters. The predicted octanol–water partition coefficient (Wildman–Crippen LogP) is 1.99. The van der Waals surface area contributed by atoms with Crippen LogP contribution in [0.3, 0.4) is 0 Å². The molecule has 3 N–H and O–H groups in total. The standard InChI is InChI=1S/C12H18N4/c1-8(2)16(3)7-12-14-10-5-4-9(13)6-11(10)15-12/h4-6,8H,7,13H2,1-3H3,(H,14,15). The molecule has 4 heteroatoms. The highest BCUT2D eigenvalue weighted by molar-refractivity contribution is 5.78. The molecule has 0 bridgehead atoms. The van der Waals surface area contributed by atoms with Crippen LogP contribution >= 0.6 is 0 Å². The van der Waals surface area contributed by atoms with Crippen molar-refractivity contribution in [3.05, 3.63) is 24.0 Å². The average Bonchev–Trinajstić information content (AvgIpc) is 2.58. The Morgan fingerprint density at radius 3 is 2.88 bits per heavy atom. The third-order valence-corrected chi connectivity index (χ3v) is 2.84. The summed E-state index contributed by atoms with van der Waals surface area (Å²) in [6.45, 7) is 5.16. The lowest BCUT2D eigenvalue weighted by Gasteiger charge is -2.19. The van der Waals surface area contributed by atoms with E-state index in [1.807, 2.05) is 18.2 Å². The molecule has 0 amide bonds. The Balaban J connectivity index is 2.26. The van der Waals surface area contributed by atoms with Gasteiger partial charge in [0.05, 0.1) is 17.6 Å². The first-order chi connectivity index (χ1) is 7.56. The molecular weight excluding hydrogens is 200 g/mol. The Morgan fingerprint density at radius 2 is 2.19 bits per heavy atom. The van der Waals surface area contributed by atoms with Crippen molar-refractivity contribution in [3.8, 4) is 0 Å². The maximum Gasteiger partial charge on any atom is 0.121 e. The van der Waals surface area contributed by atoms with Gasteiger partial charge in [-0.2, -0.15) is 0 Å². The number of imidazole rings is 1. The van der Waals surface area contributed by atoms with E-state index < -0.39 is 0 Å². The number of benzene rings is 1. The minimum atomic E-state index is 0.512.